The molecule has 192 valence electrons. The summed E-state index contributed by atoms with van der Waals surface area (Å²) >= 11 is 0. The van der Waals surface area contributed by atoms with Crippen molar-refractivity contribution in [2.24, 2.45) is 23.7 Å². The van der Waals surface area contributed by atoms with Crippen LogP contribution in [0.3, 0.4) is 0 Å². The quantitative estimate of drug-likeness (QED) is 0.408. The van der Waals surface area contributed by atoms with Gasteiger partial charge in [-0.15, -0.1) is 0 Å². The highest BCUT2D eigenvalue weighted by Crippen LogP contribution is 2.73. The van der Waals surface area contributed by atoms with Gasteiger partial charge in [0.2, 0.25) is 0 Å². The molecule has 0 aliphatic heterocycles. The molecule has 2 aromatic carbocycles. The van der Waals surface area contributed by atoms with Crippen LogP contribution in [0, 0.1) is 37.5 Å². The zero-order chi connectivity index (χ0) is 24.3. The van der Waals surface area contributed by atoms with Crippen LogP contribution in [0.25, 0.3) is 11.1 Å². The molecule has 0 amide bonds. The molecule has 0 N–H and O–H groups in total. The van der Waals surface area contributed by atoms with Gasteiger partial charge in [-0.25, -0.2) is 0 Å². The zero-order valence-electron chi connectivity index (χ0n) is 23.1. The van der Waals surface area contributed by atoms with E-state index < -0.39 is 0 Å². The van der Waals surface area contributed by atoms with Gasteiger partial charge < -0.3 is 0 Å². The molecule has 0 radical (unpaired) electrons. The van der Waals surface area contributed by atoms with Crippen LogP contribution in [0.15, 0.2) is 36.4 Å². The van der Waals surface area contributed by atoms with Gasteiger partial charge in [-0.3, -0.25) is 0 Å². The van der Waals surface area contributed by atoms with Crippen LogP contribution in [-0.2, 0) is 10.8 Å². The Hall–Kier alpha value is -1.56. The minimum absolute atomic E-state index is 0.383. The summed E-state index contributed by atoms with van der Waals surface area (Å²) in [5, 5.41) is 0. The first-order valence-corrected chi connectivity index (χ1v) is 15.8. The summed E-state index contributed by atoms with van der Waals surface area (Å²) in [6.45, 7) is 4.68. The number of fused-ring (bicyclic) bond motifs is 3. The van der Waals surface area contributed by atoms with Crippen LogP contribution in [-0.4, -0.2) is 0 Å². The number of hydrogen-bond donors (Lipinski definition) is 0. The number of rotatable bonds is 4. The van der Waals surface area contributed by atoms with Crippen LogP contribution in [0.2, 0.25) is 0 Å². The molecule has 36 heavy (non-hydrogen) atoms. The second-order valence-corrected chi connectivity index (χ2v) is 14.3. The molecule has 0 spiro atoms. The summed E-state index contributed by atoms with van der Waals surface area (Å²) in [6.07, 6.45) is 23.8. The largest absolute Gasteiger partial charge is 0.0587 e. The maximum absolute atomic E-state index is 2.65. The monoisotopic (exact) mass is 480 g/mol. The Morgan fingerprint density at radius 1 is 0.528 bits per heavy atom. The van der Waals surface area contributed by atoms with Crippen molar-refractivity contribution in [3.05, 3.63) is 58.7 Å². The molecule has 0 unspecified atom stereocenters. The molecular formula is C36H48. The number of benzene rings is 2. The SMILES string of the molecule is Cc1ccc2c(c1)C13CC(CC4CCCCC4)CC1(CC(CC1CCCCC1)C3)c1cc(C)ccc1-2. The van der Waals surface area contributed by atoms with E-state index in [1.165, 1.54) is 114 Å². The lowest BCUT2D eigenvalue weighted by Crippen LogP contribution is -2.43. The van der Waals surface area contributed by atoms with Crippen molar-refractivity contribution in [1.82, 2.24) is 0 Å². The molecule has 0 bridgehead atoms. The molecule has 0 heteroatoms. The fourth-order valence-electron chi connectivity index (χ4n) is 10.7. The zero-order valence-corrected chi connectivity index (χ0v) is 23.1. The smallest absolute Gasteiger partial charge is 0.00617 e. The lowest BCUT2D eigenvalue weighted by molar-refractivity contribution is 0.253. The van der Waals surface area contributed by atoms with Gasteiger partial charge in [-0.1, -0.05) is 112 Å². The molecule has 0 saturated heterocycles. The standard InChI is InChI=1S/C36H48/c1-25-13-15-31-32-16-14-26(2)18-34(32)36-23-29(19-27-9-5-3-6-10-27)21-35(36,33(31)17-25)22-30(24-36)20-28-11-7-4-8-12-28/h13-18,27-30H,3-12,19-24H2,1-2H3. The van der Waals surface area contributed by atoms with Crippen molar-refractivity contribution in [1.29, 1.82) is 0 Å². The summed E-state index contributed by atoms with van der Waals surface area (Å²) in [5.74, 6) is 3.85. The molecule has 5 aliphatic carbocycles. The first-order chi connectivity index (χ1) is 17.6. The van der Waals surface area contributed by atoms with E-state index in [0.29, 0.717) is 10.8 Å². The Bertz CT molecular complexity index is 1010. The molecule has 5 aliphatic rings. The van der Waals surface area contributed by atoms with Crippen molar-refractivity contribution < 1.29 is 0 Å². The third kappa shape index (κ3) is 3.67. The van der Waals surface area contributed by atoms with Crippen LogP contribution >= 0.6 is 0 Å². The van der Waals surface area contributed by atoms with E-state index in [2.05, 4.69) is 50.2 Å². The van der Waals surface area contributed by atoms with Gasteiger partial charge in [0.05, 0.1) is 0 Å². The van der Waals surface area contributed by atoms with E-state index in [1.54, 1.807) is 22.3 Å². The molecule has 0 atom stereocenters. The van der Waals surface area contributed by atoms with E-state index in [0.717, 1.165) is 23.7 Å². The highest BCUT2D eigenvalue weighted by Gasteiger charge is 2.66. The fourth-order valence-corrected chi connectivity index (χ4v) is 10.7. The lowest BCUT2D eigenvalue weighted by atomic mass is 9.55. The predicted octanol–water partition coefficient (Wildman–Crippen LogP) is 10.2. The maximum Gasteiger partial charge on any atom is 0.00617 e. The van der Waals surface area contributed by atoms with Gasteiger partial charge in [0.1, 0.15) is 0 Å². The Balaban J connectivity index is 1.33. The van der Waals surface area contributed by atoms with Gasteiger partial charge in [-0.05, 0) is 98.3 Å². The molecular weight excluding hydrogens is 432 g/mol. The van der Waals surface area contributed by atoms with E-state index in [1.807, 2.05) is 0 Å². The predicted molar refractivity (Wildman–Crippen MR) is 153 cm³/mol. The second kappa shape index (κ2) is 9.03. The van der Waals surface area contributed by atoms with Crippen molar-refractivity contribution in [3.63, 3.8) is 0 Å². The third-order valence-corrected chi connectivity index (χ3v) is 11.9. The lowest BCUT2D eigenvalue weighted by Gasteiger charge is -2.48. The summed E-state index contributed by atoms with van der Waals surface area (Å²) in [5.41, 5.74) is 10.4. The van der Waals surface area contributed by atoms with Crippen molar-refractivity contribution in [3.8, 4) is 11.1 Å². The summed E-state index contributed by atoms with van der Waals surface area (Å²) in [4.78, 5) is 0. The van der Waals surface area contributed by atoms with Crippen LogP contribution in [0.1, 0.15) is 125 Å². The average Bonchev–Trinajstić information content (AvgIpc) is 3.36. The summed E-state index contributed by atoms with van der Waals surface area (Å²) < 4.78 is 0. The van der Waals surface area contributed by atoms with Crippen LogP contribution in [0.4, 0.5) is 0 Å². The molecule has 0 aromatic heterocycles. The Kier molecular flexibility index (Phi) is 5.90. The number of aryl methyl sites for hydroxylation is 2. The molecule has 0 nitrogen and oxygen atoms in total. The summed E-state index contributed by atoms with van der Waals surface area (Å²) in [7, 11) is 0. The van der Waals surface area contributed by atoms with Gasteiger partial charge in [-0.2, -0.15) is 0 Å². The van der Waals surface area contributed by atoms with Gasteiger partial charge in [0, 0.05) is 10.8 Å². The second-order valence-electron chi connectivity index (χ2n) is 14.3. The summed E-state index contributed by atoms with van der Waals surface area (Å²) in [6, 6.07) is 15.1. The first-order valence-electron chi connectivity index (χ1n) is 15.8. The van der Waals surface area contributed by atoms with E-state index in [-0.39, 0.29) is 0 Å². The van der Waals surface area contributed by atoms with Crippen molar-refractivity contribution >= 4 is 0 Å². The van der Waals surface area contributed by atoms with Crippen LogP contribution < -0.4 is 0 Å². The maximum atomic E-state index is 2.65. The normalized spacial score (nSPS) is 34.2. The Labute approximate surface area is 220 Å². The molecule has 4 fully saturated rings. The van der Waals surface area contributed by atoms with Crippen LogP contribution in [0.5, 0.6) is 0 Å². The minimum Gasteiger partial charge on any atom is -0.0587 e. The van der Waals surface area contributed by atoms with E-state index in [4.69, 9.17) is 0 Å². The van der Waals surface area contributed by atoms with Gasteiger partial charge in [0.25, 0.3) is 0 Å². The Morgan fingerprint density at radius 2 is 0.917 bits per heavy atom. The van der Waals surface area contributed by atoms with Gasteiger partial charge >= 0.3 is 0 Å². The molecule has 2 aromatic rings. The molecule has 7 rings (SSSR count). The minimum atomic E-state index is 0.383. The average molecular weight is 481 g/mol. The number of hydrogen-bond acceptors (Lipinski definition) is 0. The molecule has 4 saturated carbocycles. The third-order valence-electron chi connectivity index (χ3n) is 11.9. The molecule has 0 heterocycles. The first kappa shape index (κ1) is 23.5. The van der Waals surface area contributed by atoms with E-state index in [9.17, 15) is 0 Å². The van der Waals surface area contributed by atoms with Crippen molar-refractivity contribution in [2.45, 2.75) is 127 Å². The topological polar surface area (TPSA) is 0 Å². The Morgan fingerprint density at radius 3 is 1.31 bits per heavy atom. The highest BCUT2D eigenvalue weighted by molar-refractivity contribution is 5.79. The van der Waals surface area contributed by atoms with E-state index >= 15 is 0 Å². The highest BCUT2D eigenvalue weighted by atomic mass is 14.7. The van der Waals surface area contributed by atoms with Crippen molar-refractivity contribution in [2.75, 3.05) is 0 Å². The van der Waals surface area contributed by atoms with Gasteiger partial charge in [0.15, 0.2) is 0 Å². The fraction of sp³-hybridized carbons (Fsp3) is 0.667.